The minimum absolute atomic E-state index is 0. The van der Waals surface area contributed by atoms with E-state index in [9.17, 15) is 0 Å². The van der Waals surface area contributed by atoms with E-state index in [0.29, 0.717) is 5.92 Å². The summed E-state index contributed by atoms with van der Waals surface area (Å²) in [5.74, 6) is 0.604. The Hall–Kier alpha value is 0.170. The van der Waals surface area contributed by atoms with Crippen molar-refractivity contribution < 1.29 is 9.84 Å². The molecule has 2 N–H and O–H groups in total. The molecule has 0 amide bonds. The third-order valence-corrected chi connectivity index (χ3v) is 2.32. The molecule has 0 aromatic heterocycles. The zero-order valence-electron chi connectivity index (χ0n) is 8.38. The van der Waals surface area contributed by atoms with Crippen molar-refractivity contribution in [3.05, 3.63) is 0 Å². The predicted molar refractivity (Wildman–Crippen MR) is 55.1 cm³/mol. The van der Waals surface area contributed by atoms with Crippen LogP contribution in [0.15, 0.2) is 0 Å². The van der Waals surface area contributed by atoms with E-state index in [-0.39, 0.29) is 24.7 Å². The quantitative estimate of drug-likeness (QED) is 0.733. The molecule has 3 nitrogen and oxygen atoms in total. The lowest BCUT2D eigenvalue weighted by atomic mass is 10.0. The summed E-state index contributed by atoms with van der Waals surface area (Å²) in [7, 11) is 0. The van der Waals surface area contributed by atoms with Crippen molar-refractivity contribution in [2.75, 3.05) is 19.8 Å². The van der Waals surface area contributed by atoms with Gasteiger partial charge in [-0.2, -0.15) is 0 Å². The van der Waals surface area contributed by atoms with Gasteiger partial charge in [0, 0.05) is 13.2 Å². The second-order valence-electron chi connectivity index (χ2n) is 3.86. The van der Waals surface area contributed by atoms with E-state index in [2.05, 4.69) is 19.2 Å². The van der Waals surface area contributed by atoms with Gasteiger partial charge in [0.15, 0.2) is 0 Å². The highest BCUT2D eigenvalue weighted by Gasteiger charge is 2.28. The highest BCUT2D eigenvalue weighted by Crippen LogP contribution is 2.19. The molecule has 0 aliphatic carbocycles. The summed E-state index contributed by atoms with van der Waals surface area (Å²) in [6.07, 6.45) is 1.69. The topological polar surface area (TPSA) is 41.5 Å². The fourth-order valence-corrected chi connectivity index (χ4v) is 1.40. The van der Waals surface area contributed by atoms with E-state index in [1.165, 1.54) is 0 Å². The first kappa shape index (κ1) is 13.2. The Labute approximate surface area is 86.3 Å². The number of nitrogens with one attached hydrogen (secondary N) is 1. The molecule has 1 rings (SSSR count). The van der Waals surface area contributed by atoms with Gasteiger partial charge in [-0.05, 0) is 25.7 Å². The summed E-state index contributed by atoms with van der Waals surface area (Å²) in [5.41, 5.74) is -0.199. The molecule has 0 spiro atoms. The normalized spacial score (nSPS) is 33.9. The molecule has 80 valence electrons. The van der Waals surface area contributed by atoms with E-state index < -0.39 is 0 Å². The van der Waals surface area contributed by atoms with Gasteiger partial charge in [0.25, 0.3) is 0 Å². The van der Waals surface area contributed by atoms with Gasteiger partial charge in [-0.3, -0.25) is 5.32 Å². The average Bonchev–Trinajstić information content (AvgIpc) is 2.08. The molecule has 1 heterocycles. The lowest BCUT2D eigenvalue weighted by molar-refractivity contribution is -0.107. The molecular weight excluding hydrogens is 190 g/mol. The molecule has 0 aromatic rings. The Balaban J connectivity index is 0.00000144. The van der Waals surface area contributed by atoms with Crippen LogP contribution in [-0.2, 0) is 4.74 Å². The van der Waals surface area contributed by atoms with Gasteiger partial charge in [0.1, 0.15) is 5.72 Å². The highest BCUT2D eigenvalue weighted by molar-refractivity contribution is 5.85. The molecule has 0 radical (unpaired) electrons. The molecule has 0 saturated carbocycles. The number of hydrogen-bond donors (Lipinski definition) is 2. The Kier molecular flexibility index (Phi) is 5.88. The van der Waals surface area contributed by atoms with Crippen molar-refractivity contribution in [3.63, 3.8) is 0 Å². The molecule has 0 aromatic carbocycles. The Morgan fingerprint density at radius 1 is 1.62 bits per heavy atom. The molecule has 0 bridgehead atoms. The Morgan fingerprint density at radius 3 is 2.77 bits per heavy atom. The third-order valence-electron chi connectivity index (χ3n) is 2.32. The van der Waals surface area contributed by atoms with Crippen LogP contribution < -0.4 is 5.32 Å². The first-order valence-electron chi connectivity index (χ1n) is 4.66. The van der Waals surface area contributed by atoms with Crippen molar-refractivity contribution in [1.29, 1.82) is 0 Å². The lowest BCUT2D eigenvalue weighted by Gasteiger charge is -2.37. The maximum Gasteiger partial charge on any atom is 0.116 e. The maximum absolute atomic E-state index is 8.68. The smallest absolute Gasteiger partial charge is 0.116 e. The van der Waals surface area contributed by atoms with Crippen LogP contribution >= 0.6 is 12.4 Å². The molecule has 13 heavy (non-hydrogen) atoms. The maximum atomic E-state index is 8.68. The van der Waals surface area contributed by atoms with E-state index in [4.69, 9.17) is 9.84 Å². The molecule has 4 heteroatoms. The van der Waals surface area contributed by atoms with Crippen LogP contribution in [0.3, 0.4) is 0 Å². The minimum Gasteiger partial charge on any atom is -0.396 e. The van der Waals surface area contributed by atoms with Crippen LogP contribution in [0.2, 0.25) is 0 Å². The molecule has 2 atom stereocenters. The van der Waals surface area contributed by atoms with E-state index in [1.54, 1.807) is 0 Å². The van der Waals surface area contributed by atoms with E-state index in [0.717, 1.165) is 26.0 Å². The largest absolute Gasteiger partial charge is 0.396 e. The average molecular weight is 210 g/mol. The number of hydrogen-bond acceptors (Lipinski definition) is 3. The highest BCUT2D eigenvalue weighted by atomic mass is 35.5. The number of halogens is 1. The fourth-order valence-electron chi connectivity index (χ4n) is 1.40. The van der Waals surface area contributed by atoms with Gasteiger partial charge in [0.05, 0.1) is 6.61 Å². The van der Waals surface area contributed by atoms with Crippen molar-refractivity contribution in [2.24, 2.45) is 5.92 Å². The summed E-state index contributed by atoms with van der Waals surface area (Å²) in [5, 5.41) is 12.0. The van der Waals surface area contributed by atoms with Crippen LogP contribution in [-0.4, -0.2) is 30.6 Å². The molecule has 1 saturated heterocycles. The van der Waals surface area contributed by atoms with Crippen molar-refractivity contribution >= 4 is 12.4 Å². The molecule has 1 aliphatic heterocycles. The van der Waals surface area contributed by atoms with Crippen LogP contribution in [0.4, 0.5) is 0 Å². The van der Waals surface area contributed by atoms with E-state index >= 15 is 0 Å². The van der Waals surface area contributed by atoms with Gasteiger partial charge in [-0.25, -0.2) is 0 Å². The fraction of sp³-hybridized carbons (Fsp3) is 1.00. The summed E-state index contributed by atoms with van der Waals surface area (Å²) in [6, 6.07) is 0. The number of aliphatic hydroxyl groups is 1. The molecule has 1 aliphatic rings. The van der Waals surface area contributed by atoms with Crippen LogP contribution in [0, 0.1) is 5.92 Å². The van der Waals surface area contributed by atoms with Crippen molar-refractivity contribution in [2.45, 2.75) is 32.4 Å². The third kappa shape index (κ3) is 4.27. The summed E-state index contributed by atoms with van der Waals surface area (Å²) >= 11 is 0. The zero-order chi connectivity index (χ0) is 9.03. The molecule has 2 unspecified atom stereocenters. The van der Waals surface area contributed by atoms with Gasteiger partial charge in [-0.15, -0.1) is 12.4 Å². The number of ether oxygens (including phenoxy) is 1. The predicted octanol–water partition coefficient (Wildman–Crippen LogP) is 1.15. The second kappa shape index (κ2) is 5.81. The summed E-state index contributed by atoms with van der Waals surface area (Å²) in [4.78, 5) is 0. The van der Waals surface area contributed by atoms with Crippen LogP contribution in [0.5, 0.6) is 0 Å². The first-order chi connectivity index (χ1) is 5.66. The summed E-state index contributed by atoms with van der Waals surface area (Å²) < 4.78 is 5.66. The lowest BCUT2D eigenvalue weighted by Crippen LogP contribution is -2.52. The monoisotopic (exact) mass is 209 g/mol. The zero-order valence-corrected chi connectivity index (χ0v) is 9.19. The van der Waals surface area contributed by atoms with E-state index in [1.807, 2.05) is 0 Å². The Morgan fingerprint density at radius 2 is 2.31 bits per heavy atom. The van der Waals surface area contributed by atoms with Gasteiger partial charge in [-0.1, -0.05) is 6.92 Å². The molecule has 1 fully saturated rings. The van der Waals surface area contributed by atoms with Crippen molar-refractivity contribution in [1.82, 2.24) is 5.32 Å². The van der Waals surface area contributed by atoms with Gasteiger partial charge >= 0.3 is 0 Å². The Bertz CT molecular complexity index is 130. The van der Waals surface area contributed by atoms with Crippen LogP contribution in [0.25, 0.3) is 0 Å². The first-order valence-corrected chi connectivity index (χ1v) is 4.66. The number of aliphatic hydroxyl groups excluding tert-OH is 1. The summed E-state index contributed by atoms with van der Waals surface area (Å²) in [6.45, 7) is 6.31. The van der Waals surface area contributed by atoms with Gasteiger partial charge < -0.3 is 9.84 Å². The van der Waals surface area contributed by atoms with Crippen LogP contribution in [0.1, 0.15) is 26.7 Å². The van der Waals surface area contributed by atoms with Crippen molar-refractivity contribution in [3.8, 4) is 0 Å². The SMILES string of the molecule is CC1CNC(C)(CCCO)OC1.Cl. The second-order valence-corrected chi connectivity index (χ2v) is 3.86. The van der Waals surface area contributed by atoms with Gasteiger partial charge in [0.2, 0.25) is 0 Å². The minimum atomic E-state index is -0.199. The standard InChI is InChI=1S/C9H19NO2.ClH/c1-8-6-10-9(2,12-7-8)4-3-5-11;/h8,10-11H,3-7H2,1-2H3;1H. The number of rotatable bonds is 3. The molecular formula is C9H20ClNO2.